The van der Waals surface area contributed by atoms with Crippen LogP contribution < -0.4 is 19.5 Å². The van der Waals surface area contributed by atoms with Gasteiger partial charge in [0.1, 0.15) is 18.0 Å². The Labute approximate surface area is 184 Å². The number of nitrogens with one attached hydrogen (secondary N) is 1. The summed E-state index contributed by atoms with van der Waals surface area (Å²) in [6.07, 6.45) is 1.78. The Kier molecular flexibility index (Phi) is 6.07. The summed E-state index contributed by atoms with van der Waals surface area (Å²) in [6, 6.07) is 16.2. The van der Waals surface area contributed by atoms with Crippen LogP contribution in [0.15, 0.2) is 65.3 Å². The zero-order valence-electron chi connectivity index (χ0n) is 17.9. The van der Waals surface area contributed by atoms with Gasteiger partial charge in [0.05, 0.1) is 21.3 Å². The fourth-order valence-corrected chi connectivity index (χ4v) is 3.22. The average molecular weight is 434 g/mol. The summed E-state index contributed by atoms with van der Waals surface area (Å²) in [5.41, 5.74) is 1.99. The van der Waals surface area contributed by atoms with E-state index in [0.29, 0.717) is 45.9 Å². The summed E-state index contributed by atoms with van der Waals surface area (Å²) >= 11 is 0. The number of amides is 1. The van der Waals surface area contributed by atoms with Crippen molar-refractivity contribution < 1.29 is 23.5 Å². The maximum atomic E-state index is 12.6. The molecule has 2 aromatic carbocycles. The molecule has 2 heterocycles. The Balaban J connectivity index is 1.51. The summed E-state index contributed by atoms with van der Waals surface area (Å²) < 4.78 is 23.0. The van der Waals surface area contributed by atoms with E-state index in [-0.39, 0.29) is 12.5 Å². The molecule has 32 heavy (non-hydrogen) atoms. The largest absolute Gasteiger partial charge is 0.497 e. The molecule has 0 atom stereocenters. The van der Waals surface area contributed by atoms with Crippen LogP contribution in [-0.2, 0) is 11.3 Å². The highest BCUT2D eigenvalue weighted by atomic mass is 16.5. The van der Waals surface area contributed by atoms with Gasteiger partial charge in [-0.3, -0.25) is 4.79 Å². The molecule has 0 saturated heterocycles. The van der Waals surface area contributed by atoms with Crippen LogP contribution >= 0.6 is 0 Å². The average Bonchev–Trinajstić information content (AvgIpc) is 3.48. The van der Waals surface area contributed by atoms with E-state index in [1.807, 2.05) is 30.3 Å². The van der Waals surface area contributed by atoms with Gasteiger partial charge in [0, 0.05) is 23.5 Å². The normalized spacial score (nSPS) is 10.6. The van der Waals surface area contributed by atoms with Crippen molar-refractivity contribution in [1.29, 1.82) is 0 Å². The molecular weight excluding hydrogens is 412 g/mol. The van der Waals surface area contributed by atoms with Crippen molar-refractivity contribution in [2.75, 3.05) is 26.6 Å². The Morgan fingerprint density at radius 2 is 1.84 bits per heavy atom. The van der Waals surface area contributed by atoms with Gasteiger partial charge in [0.15, 0.2) is 11.5 Å². The minimum absolute atomic E-state index is 0.0770. The molecule has 4 aromatic rings. The number of methoxy groups -OCH3 is 3. The smallest absolute Gasteiger partial charge is 0.274 e. The molecular formula is C23H22N4O5. The Hall–Kier alpha value is -4.27. The minimum Gasteiger partial charge on any atom is -0.497 e. The van der Waals surface area contributed by atoms with Crippen LogP contribution in [0.25, 0.3) is 23.0 Å². The molecule has 0 unspecified atom stereocenters. The lowest BCUT2D eigenvalue weighted by Gasteiger charge is -2.09. The van der Waals surface area contributed by atoms with E-state index in [0.717, 1.165) is 0 Å². The van der Waals surface area contributed by atoms with Crippen LogP contribution in [0.4, 0.5) is 5.69 Å². The molecule has 0 spiro atoms. The Morgan fingerprint density at radius 3 is 2.62 bits per heavy atom. The van der Waals surface area contributed by atoms with Crippen molar-refractivity contribution in [3.63, 3.8) is 0 Å². The summed E-state index contributed by atoms with van der Waals surface area (Å²) in [6.45, 7) is 0.0770. The number of anilines is 1. The van der Waals surface area contributed by atoms with E-state index >= 15 is 0 Å². The zero-order chi connectivity index (χ0) is 22.5. The number of carbonyl (C=O) groups excluding carboxylic acids is 1. The van der Waals surface area contributed by atoms with E-state index in [2.05, 4.69) is 15.5 Å². The molecule has 1 N–H and O–H groups in total. The third-order valence-electron chi connectivity index (χ3n) is 4.78. The number of hydrogen-bond acceptors (Lipinski definition) is 7. The topological polar surface area (TPSA) is 101 Å². The van der Waals surface area contributed by atoms with E-state index in [4.69, 9.17) is 18.7 Å². The second-order valence-corrected chi connectivity index (χ2v) is 6.79. The lowest BCUT2D eigenvalue weighted by Crippen LogP contribution is -2.18. The number of aromatic nitrogens is 3. The van der Waals surface area contributed by atoms with E-state index in [1.54, 1.807) is 56.4 Å². The molecule has 9 nitrogen and oxygen atoms in total. The van der Waals surface area contributed by atoms with Crippen LogP contribution in [0.3, 0.4) is 0 Å². The van der Waals surface area contributed by atoms with Crippen LogP contribution in [-0.4, -0.2) is 41.9 Å². The van der Waals surface area contributed by atoms with Crippen LogP contribution in [0.2, 0.25) is 0 Å². The molecule has 1 amide bonds. The number of benzene rings is 2. The highest BCUT2D eigenvalue weighted by Crippen LogP contribution is 2.32. The monoisotopic (exact) mass is 434 g/mol. The second kappa shape index (κ2) is 9.25. The predicted molar refractivity (Wildman–Crippen MR) is 118 cm³/mol. The van der Waals surface area contributed by atoms with Gasteiger partial charge in [-0.1, -0.05) is 11.2 Å². The van der Waals surface area contributed by atoms with Crippen molar-refractivity contribution in [3.8, 4) is 40.2 Å². The van der Waals surface area contributed by atoms with E-state index in [1.165, 1.54) is 0 Å². The molecule has 0 aliphatic heterocycles. The molecule has 0 bridgehead atoms. The standard InChI is InChI=1S/C23H22N4O5/c1-29-17-7-4-6-16(13-17)24-21(28)14-27-11-5-8-18(27)23-25-22(26-32-23)15-9-10-19(30-2)20(12-15)31-3/h4-13H,14H2,1-3H3,(H,24,28). The van der Waals surface area contributed by atoms with Crippen molar-refractivity contribution in [1.82, 2.24) is 14.7 Å². The summed E-state index contributed by atoms with van der Waals surface area (Å²) in [5.74, 6) is 2.33. The minimum atomic E-state index is -0.199. The molecule has 9 heteroatoms. The van der Waals surface area contributed by atoms with Crippen LogP contribution in [0.1, 0.15) is 0 Å². The van der Waals surface area contributed by atoms with Gasteiger partial charge in [-0.15, -0.1) is 0 Å². The van der Waals surface area contributed by atoms with Crippen LogP contribution in [0.5, 0.6) is 17.2 Å². The van der Waals surface area contributed by atoms with Gasteiger partial charge >= 0.3 is 0 Å². The lowest BCUT2D eigenvalue weighted by molar-refractivity contribution is -0.116. The Bertz CT molecular complexity index is 1230. The summed E-state index contributed by atoms with van der Waals surface area (Å²) in [7, 11) is 4.71. The van der Waals surface area contributed by atoms with Crippen molar-refractivity contribution in [3.05, 3.63) is 60.8 Å². The molecule has 4 rings (SSSR count). The molecule has 0 aliphatic carbocycles. The molecule has 0 fully saturated rings. The summed E-state index contributed by atoms with van der Waals surface area (Å²) in [5, 5.41) is 6.93. The molecule has 0 aliphatic rings. The number of carbonyl (C=O) groups is 1. The quantitative estimate of drug-likeness (QED) is 0.449. The zero-order valence-corrected chi connectivity index (χ0v) is 17.9. The first-order chi connectivity index (χ1) is 15.6. The molecule has 0 saturated carbocycles. The van der Waals surface area contributed by atoms with Gasteiger partial charge < -0.3 is 28.6 Å². The summed E-state index contributed by atoms with van der Waals surface area (Å²) in [4.78, 5) is 17.0. The fraction of sp³-hybridized carbons (Fsp3) is 0.174. The van der Waals surface area contributed by atoms with E-state index < -0.39 is 0 Å². The SMILES string of the molecule is COc1cccc(NC(=O)Cn2cccc2-c2nc(-c3ccc(OC)c(OC)c3)no2)c1. The lowest BCUT2D eigenvalue weighted by atomic mass is 10.2. The molecule has 0 radical (unpaired) electrons. The van der Waals surface area contributed by atoms with Crippen molar-refractivity contribution >= 4 is 11.6 Å². The predicted octanol–water partition coefficient (Wildman–Crippen LogP) is 3.87. The number of hydrogen-bond donors (Lipinski definition) is 1. The third kappa shape index (κ3) is 4.41. The molecule has 164 valence electrons. The Morgan fingerprint density at radius 1 is 1.00 bits per heavy atom. The van der Waals surface area contributed by atoms with Crippen molar-refractivity contribution in [2.45, 2.75) is 6.54 Å². The van der Waals surface area contributed by atoms with Gasteiger partial charge in [-0.25, -0.2) is 0 Å². The highest BCUT2D eigenvalue weighted by Gasteiger charge is 2.17. The van der Waals surface area contributed by atoms with Gasteiger partial charge in [-0.2, -0.15) is 4.98 Å². The first kappa shape index (κ1) is 21.0. The molecule has 2 aromatic heterocycles. The van der Waals surface area contributed by atoms with Crippen molar-refractivity contribution in [2.24, 2.45) is 0 Å². The first-order valence-corrected chi connectivity index (χ1v) is 9.77. The van der Waals surface area contributed by atoms with Gasteiger partial charge in [-0.05, 0) is 42.5 Å². The number of rotatable bonds is 8. The van der Waals surface area contributed by atoms with E-state index in [9.17, 15) is 4.79 Å². The maximum Gasteiger partial charge on any atom is 0.274 e. The first-order valence-electron chi connectivity index (χ1n) is 9.77. The second-order valence-electron chi connectivity index (χ2n) is 6.79. The van der Waals surface area contributed by atoms with Gasteiger partial charge in [0.2, 0.25) is 11.7 Å². The third-order valence-corrected chi connectivity index (χ3v) is 4.78. The number of ether oxygens (including phenoxy) is 3. The maximum absolute atomic E-state index is 12.6. The highest BCUT2D eigenvalue weighted by molar-refractivity contribution is 5.91. The number of nitrogens with zero attached hydrogens (tertiary/aromatic N) is 3. The fourth-order valence-electron chi connectivity index (χ4n) is 3.22. The van der Waals surface area contributed by atoms with Crippen LogP contribution in [0, 0.1) is 0 Å². The van der Waals surface area contributed by atoms with Gasteiger partial charge in [0.25, 0.3) is 5.89 Å².